The van der Waals surface area contributed by atoms with Crippen LogP contribution in [0.4, 0.5) is 17.1 Å². The van der Waals surface area contributed by atoms with Crippen LogP contribution in [-0.2, 0) is 0 Å². The van der Waals surface area contributed by atoms with Crippen LogP contribution >= 0.6 is 0 Å². The first-order chi connectivity index (χ1) is 10.8. The lowest BCUT2D eigenvalue weighted by Gasteiger charge is -2.13. The summed E-state index contributed by atoms with van der Waals surface area (Å²) < 4.78 is 0. The van der Waals surface area contributed by atoms with E-state index in [1.807, 2.05) is 78.9 Å². The third-order valence-electron chi connectivity index (χ3n) is 3.15. The van der Waals surface area contributed by atoms with E-state index >= 15 is 0 Å². The maximum atomic E-state index is 12.3. The first-order valence-electron chi connectivity index (χ1n) is 6.99. The Morgan fingerprint density at radius 3 is 1.50 bits per heavy atom. The molecule has 4 nitrogen and oxygen atoms in total. The summed E-state index contributed by atoms with van der Waals surface area (Å²) >= 11 is 0. The molecular formula is C18H15N3O. The molecular weight excluding hydrogens is 274 g/mol. The normalized spacial score (nSPS) is 11.2. The van der Waals surface area contributed by atoms with Crippen LogP contribution in [0.5, 0.6) is 0 Å². The highest BCUT2D eigenvalue weighted by Crippen LogP contribution is 2.26. The SMILES string of the molecule is [O-]/[N+](=N\N(c1ccccc1)c1ccccc1)c1ccccc1. The van der Waals surface area contributed by atoms with Crippen molar-refractivity contribution >= 4 is 17.1 Å². The standard InChI is InChI=1S/C18H15N3O/c22-21(18-14-8-3-9-15-18)19-20(16-10-4-1-5-11-16)17-12-6-2-7-13-17/h1-15H/b21-19-. The van der Waals surface area contributed by atoms with Gasteiger partial charge in [-0.25, -0.2) is 0 Å². The summed E-state index contributed by atoms with van der Waals surface area (Å²) in [5.74, 6) is 0. The molecule has 0 saturated carbocycles. The van der Waals surface area contributed by atoms with Gasteiger partial charge in [-0.2, -0.15) is 0 Å². The van der Waals surface area contributed by atoms with E-state index in [0.717, 1.165) is 11.4 Å². The molecule has 0 saturated heterocycles. The van der Waals surface area contributed by atoms with Gasteiger partial charge in [0.1, 0.15) is 5.22 Å². The van der Waals surface area contributed by atoms with Crippen molar-refractivity contribution in [1.29, 1.82) is 0 Å². The third-order valence-corrected chi connectivity index (χ3v) is 3.15. The molecule has 0 aromatic heterocycles. The van der Waals surface area contributed by atoms with Gasteiger partial charge in [0.05, 0.1) is 0 Å². The highest BCUT2D eigenvalue weighted by atomic mass is 16.5. The zero-order valence-corrected chi connectivity index (χ0v) is 11.9. The number of benzene rings is 3. The molecule has 0 spiro atoms. The smallest absolute Gasteiger partial charge is 0.156 e. The fourth-order valence-electron chi connectivity index (χ4n) is 2.08. The van der Waals surface area contributed by atoms with Crippen LogP contribution in [0.15, 0.2) is 96.2 Å². The lowest BCUT2D eigenvalue weighted by atomic mass is 10.2. The van der Waals surface area contributed by atoms with E-state index in [1.54, 1.807) is 17.1 Å². The predicted molar refractivity (Wildman–Crippen MR) is 87.2 cm³/mol. The summed E-state index contributed by atoms with van der Waals surface area (Å²) in [7, 11) is 0. The van der Waals surface area contributed by atoms with Gasteiger partial charge in [-0.3, -0.25) is 0 Å². The van der Waals surface area contributed by atoms with Gasteiger partial charge in [0.25, 0.3) is 0 Å². The van der Waals surface area contributed by atoms with E-state index in [9.17, 15) is 5.21 Å². The lowest BCUT2D eigenvalue weighted by Crippen LogP contribution is -2.12. The molecule has 0 amide bonds. The number of hydrogen-bond donors (Lipinski definition) is 0. The predicted octanol–water partition coefficient (Wildman–Crippen LogP) is 5.03. The summed E-state index contributed by atoms with van der Waals surface area (Å²) in [6, 6.07) is 28.1. The minimum Gasteiger partial charge on any atom is -0.691 e. The van der Waals surface area contributed by atoms with Gasteiger partial charge in [0.2, 0.25) is 0 Å². The minimum absolute atomic E-state index is 0.486. The van der Waals surface area contributed by atoms with E-state index in [2.05, 4.69) is 5.22 Å². The van der Waals surface area contributed by atoms with E-state index in [1.165, 1.54) is 0 Å². The summed E-state index contributed by atoms with van der Waals surface area (Å²) in [6.07, 6.45) is 0. The van der Waals surface area contributed by atoms with Crippen molar-refractivity contribution in [3.63, 3.8) is 0 Å². The largest absolute Gasteiger partial charge is 0.691 e. The zero-order chi connectivity index (χ0) is 15.2. The van der Waals surface area contributed by atoms with Crippen molar-refractivity contribution < 1.29 is 4.86 Å². The second-order valence-corrected chi connectivity index (χ2v) is 4.68. The van der Waals surface area contributed by atoms with Crippen LogP contribution in [0.1, 0.15) is 0 Å². The number of rotatable bonds is 4. The molecule has 3 rings (SSSR count). The highest BCUT2D eigenvalue weighted by molar-refractivity contribution is 5.61. The van der Waals surface area contributed by atoms with Gasteiger partial charge in [0.15, 0.2) is 17.1 Å². The Hall–Kier alpha value is -3.14. The van der Waals surface area contributed by atoms with Gasteiger partial charge in [-0.1, -0.05) is 59.6 Å². The Labute approximate surface area is 129 Å². The second kappa shape index (κ2) is 6.54. The van der Waals surface area contributed by atoms with Crippen LogP contribution in [0, 0.1) is 5.21 Å². The summed E-state index contributed by atoms with van der Waals surface area (Å²) in [4.78, 5) is 0.625. The summed E-state index contributed by atoms with van der Waals surface area (Å²) in [5.41, 5.74) is 2.13. The van der Waals surface area contributed by atoms with Crippen molar-refractivity contribution in [1.82, 2.24) is 0 Å². The second-order valence-electron chi connectivity index (χ2n) is 4.68. The van der Waals surface area contributed by atoms with Crippen molar-refractivity contribution in [2.75, 3.05) is 5.01 Å². The number of anilines is 2. The Morgan fingerprint density at radius 1 is 0.636 bits per heavy atom. The van der Waals surface area contributed by atoms with Crippen molar-refractivity contribution in [3.8, 4) is 0 Å². The van der Waals surface area contributed by atoms with E-state index in [4.69, 9.17) is 0 Å². The molecule has 0 aliphatic carbocycles. The lowest BCUT2D eigenvalue weighted by molar-refractivity contribution is -0.442. The first-order valence-corrected chi connectivity index (χ1v) is 6.99. The van der Waals surface area contributed by atoms with Crippen molar-refractivity contribution in [2.24, 2.45) is 5.22 Å². The van der Waals surface area contributed by atoms with Gasteiger partial charge in [-0.05, 0) is 36.4 Å². The average Bonchev–Trinajstić information content (AvgIpc) is 2.62. The van der Waals surface area contributed by atoms with E-state index < -0.39 is 0 Å². The number of para-hydroxylation sites is 3. The highest BCUT2D eigenvalue weighted by Gasteiger charge is 2.16. The van der Waals surface area contributed by atoms with Crippen LogP contribution in [0.2, 0.25) is 0 Å². The molecule has 4 heteroatoms. The molecule has 108 valence electrons. The molecule has 0 aliphatic rings. The van der Waals surface area contributed by atoms with Crippen molar-refractivity contribution in [2.45, 2.75) is 0 Å². The number of hydrogen-bond acceptors (Lipinski definition) is 2. The molecule has 22 heavy (non-hydrogen) atoms. The topological polar surface area (TPSA) is 41.7 Å². The molecule has 0 bridgehead atoms. The fraction of sp³-hybridized carbons (Fsp3) is 0. The summed E-state index contributed by atoms with van der Waals surface area (Å²) in [5, 5.41) is 18.1. The molecule has 0 radical (unpaired) electrons. The van der Waals surface area contributed by atoms with Crippen LogP contribution < -0.4 is 5.01 Å². The van der Waals surface area contributed by atoms with Crippen LogP contribution in [-0.4, -0.2) is 4.86 Å². The minimum atomic E-state index is 0.486. The maximum absolute atomic E-state index is 12.3. The summed E-state index contributed by atoms with van der Waals surface area (Å²) in [6.45, 7) is 0. The third kappa shape index (κ3) is 3.12. The first kappa shape index (κ1) is 13.8. The Kier molecular flexibility index (Phi) is 4.11. The molecule has 0 fully saturated rings. The van der Waals surface area contributed by atoms with Gasteiger partial charge in [0, 0.05) is 0 Å². The maximum Gasteiger partial charge on any atom is 0.156 e. The average molecular weight is 289 g/mol. The molecule has 0 unspecified atom stereocenters. The van der Waals surface area contributed by atoms with E-state index in [-0.39, 0.29) is 0 Å². The zero-order valence-electron chi connectivity index (χ0n) is 11.9. The molecule has 0 heterocycles. The van der Waals surface area contributed by atoms with Crippen molar-refractivity contribution in [3.05, 3.63) is 96.2 Å². The quantitative estimate of drug-likeness (QED) is 0.384. The fourth-order valence-corrected chi connectivity index (χ4v) is 2.08. The Morgan fingerprint density at radius 2 is 1.05 bits per heavy atom. The number of nitrogens with zero attached hydrogens (tertiary/aromatic N) is 3. The molecule has 3 aromatic rings. The van der Waals surface area contributed by atoms with Crippen LogP contribution in [0.25, 0.3) is 0 Å². The molecule has 3 aromatic carbocycles. The monoisotopic (exact) mass is 289 g/mol. The van der Waals surface area contributed by atoms with Gasteiger partial charge in [-0.15, -0.1) is 4.86 Å². The molecule has 0 N–H and O–H groups in total. The Balaban J connectivity index is 2.03. The molecule has 0 atom stereocenters. The Bertz CT molecular complexity index is 704. The van der Waals surface area contributed by atoms with Gasteiger partial charge >= 0.3 is 0 Å². The van der Waals surface area contributed by atoms with E-state index in [0.29, 0.717) is 10.5 Å². The molecule has 0 aliphatic heterocycles. The van der Waals surface area contributed by atoms with Gasteiger partial charge < -0.3 is 5.21 Å². The van der Waals surface area contributed by atoms with Crippen LogP contribution in [0.3, 0.4) is 0 Å².